The number of ether oxygens (including phenoxy) is 1. The van der Waals surface area contributed by atoms with Gasteiger partial charge in [0.05, 0.1) is 6.54 Å². The van der Waals surface area contributed by atoms with Crippen LogP contribution in [0.5, 0.6) is 5.88 Å². The summed E-state index contributed by atoms with van der Waals surface area (Å²) in [5.74, 6) is 0.498. The first-order valence-electron chi connectivity index (χ1n) is 8.18. The number of hydrogen-bond acceptors (Lipinski definition) is 4. The number of rotatable bonds is 5. The van der Waals surface area contributed by atoms with Gasteiger partial charge in [-0.05, 0) is 42.2 Å². The highest BCUT2D eigenvalue weighted by Gasteiger charge is 2.18. The quantitative estimate of drug-likeness (QED) is 0.732. The van der Waals surface area contributed by atoms with E-state index < -0.39 is 0 Å². The molecule has 0 aliphatic heterocycles. The third-order valence-electron chi connectivity index (χ3n) is 4.30. The number of benzene rings is 2. The number of aromatic nitrogens is 2. The number of aryl methyl sites for hydroxylation is 2. The third kappa shape index (κ3) is 3.66. The van der Waals surface area contributed by atoms with Crippen molar-refractivity contribution >= 4 is 17.4 Å². The zero-order valence-electron chi connectivity index (χ0n) is 14.7. The number of nitrogens with two attached hydrogens (primary N) is 1. The summed E-state index contributed by atoms with van der Waals surface area (Å²) >= 11 is 6.20. The Morgan fingerprint density at radius 2 is 1.96 bits per heavy atom. The molecule has 0 saturated heterocycles. The Labute approximate surface area is 157 Å². The lowest BCUT2D eigenvalue weighted by Crippen LogP contribution is -2.06. The molecule has 0 radical (unpaired) electrons. The average molecular weight is 367 g/mol. The normalized spacial score (nSPS) is 10.5. The van der Waals surface area contributed by atoms with Crippen molar-refractivity contribution in [3.8, 4) is 11.9 Å². The Balaban J connectivity index is 1.82. The maximum absolute atomic E-state index is 9.42. The first-order valence-corrected chi connectivity index (χ1v) is 8.56. The van der Waals surface area contributed by atoms with Gasteiger partial charge in [-0.2, -0.15) is 5.26 Å². The highest BCUT2D eigenvalue weighted by Crippen LogP contribution is 2.26. The van der Waals surface area contributed by atoms with Crippen molar-refractivity contribution in [2.24, 2.45) is 0 Å². The van der Waals surface area contributed by atoms with E-state index in [9.17, 15) is 5.26 Å². The van der Waals surface area contributed by atoms with E-state index in [0.29, 0.717) is 18.2 Å². The Morgan fingerprint density at radius 3 is 2.65 bits per heavy atom. The predicted octanol–water partition coefficient (Wildman–Crippen LogP) is 4.23. The number of hydrogen-bond donors (Lipinski definition) is 1. The number of nitrogens with zero attached hydrogens (tertiary/aromatic N) is 3. The molecular formula is C20H19ClN4O. The van der Waals surface area contributed by atoms with Crippen LogP contribution in [0.2, 0.25) is 5.02 Å². The van der Waals surface area contributed by atoms with E-state index >= 15 is 0 Å². The zero-order valence-corrected chi connectivity index (χ0v) is 15.4. The summed E-state index contributed by atoms with van der Waals surface area (Å²) in [7, 11) is 0. The summed E-state index contributed by atoms with van der Waals surface area (Å²) in [5, 5.41) is 14.4. The molecule has 0 aliphatic rings. The predicted molar refractivity (Wildman–Crippen MR) is 102 cm³/mol. The fourth-order valence-corrected chi connectivity index (χ4v) is 2.81. The van der Waals surface area contributed by atoms with Crippen molar-refractivity contribution in [3.05, 3.63) is 75.3 Å². The molecule has 132 valence electrons. The topological polar surface area (TPSA) is 76.9 Å². The first-order chi connectivity index (χ1) is 12.5. The highest BCUT2D eigenvalue weighted by molar-refractivity contribution is 6.31. The summed E-state index contributed by atoms with van der Waals surface area (Å²) in [6.07, 6.45) is 0. The van der Waals surface area contributed by atoms with Crippen molar-refractivity contribution in [2.75, 3.05) is 5.73 Å². The van der Waals surface area contributed by atoms with Gasteiger partial charge in [-0.15, -0.1) is 5.10 Å². The Hall–Kier alpha value is -2.97. The molecule has 0 aliphatic carbocycles. The number of nitriles is 1. The van der Waals surface area contributed by atoms with Crippen molar-refractivity contribution in [1.82, 2.24) is 9.78 Å². The van der Waals surface area contributed by atoms with Gasteiger partial charge in [-0.3, -0.25) is 0 Å². The Morgan fingerprint density at radius 1 is 1.19 bits per heavy atom. The van der Waals surface area contributed by atoms with Crippen LogP contribution in [0.1, 0.15) is 27.8 Å². The Bertz CT molecular complexity index is 988. The average Bonchev–Trinajstić information content (AvgIpc) is 2.93. The van der Waals surface area contributed by atoms with Crippen molar-refractivity contribution in [1.29, 1.82) is 5.26 Å². The van der Waals surface area contributed by atoms with Crippen LogP contribution in [0.3, 0.4) is 0 Å². The second-order valence-electron chi connectivity index (χ2n) is 6.13. The number of anilines is 1. The van der Waals surface area contributed by atoms with Crippen LogP contribution in [-0.4, -0.2) is 9.78 Å². The summed E-state index contributed by atoms with van der Waals surface area (Å²) in [6, 6.07) is 15.6. The molecule has 5 nitrogen and oxygen atoms in total. The van der Waals surface area contributed by atoms with E-state index in [0.717, 1.165) is 11.1 Å². The molecule has 0 amide bonds. The van der Waals surface area contributed by atoms with Crippen LogP contribution in [0.4, 0.5) is 5.82 Å². The molecule has 6 heteroatoms. The van der Waals surface area contributed by atoms with Crippen LogP contribution >= 0.6 is 11.6 Å². The maximum atomic E-state index is 9.42. The van der Waals surface area contributed by atoms with Crippen LogP contribution in [0.15, 0.2) is 42.5 Å². The number of halogens is 1. The third-order valence-corrected chi connectivity index (χ3v) is 4.66. The van der Waals surface area contributed by atoms with Crippen molar-refractivity contribution < 1.29 is 4.74 Å². The molecule has 3 aromatic rings. The molecular weight excluding hydrogens is 348 g/mol. The SMILES string of the molecule is Cc1ccc(COc2nn(Cc3ccccc3Cl)c(N)c2C#N)cc1C. The highest BCUT2D eigenvalue weighted by atomic mass is 35.5. The summed E-state index contributed by atoms with van der Waals surface area (Å²) in [5.41, 5.74) is 10.6. The van der Waals surface area contributed by atoms with E-state index in [4.69, 9.17) is 22.1 Å². The van der Waals surface area contributed by atoms with Gasteiger partial charge in [0.25, 0.3) is 5.88 Å². The van der Waals surface area contributed by atoms with E-state index in [1.54, 1.807) is 6.07 Å². The summed E-state index contributed by atoms with van der Waals surface area (Å²) in [4.78, 5) is 0. The molecule has 0 bridgehead atoms. The van der Waals surface area contributed by atoms with Gasteiger partial charge in [0.2, 0.25) is 0 Å². The van der Waals surface area contributed by atoms with E-state index in [1.165, 1.54) is 15.8 Å². The van der Waals surface area contributed by atoms with Gasteiger partial charge in [-0.25, -0.2) is 4.68 Å². The van der Waals surface area contributed by atoms with Gasteiger partial charge in [0.15, 0.2) is 5.56 Å². The van der Waals surface area contributed by atoms with Gasteiger partial charge in [0.1, 0.15) is 18.5 Å². The molecule has 2 aromatic carbocycles. The maximum Gasteiger partial charge on any atom is 0.253 e. The number of nitrogen functional groups attached to an aromatic ring is 1. The molecule has 1 heterocycles. The van der Waals surface area contributed by atoms with Crippen LogP contribution in [0, 0.1) is 25.2 Å². The smallest absolute Gasteiger partial charge is 0.253 e. The van der Waals surface area contributed by atoms with Crippen molar-refractivity contribution in [3.63, 3.8) is 0 Å². The largest absolute Gasteiger partial charge is 0.471 e. The van der Waals surface area contributed by atoms with Gasteiger partial charge >= 0.3 is 0 Å². The molecule has 1 aromatic heterocycles. The lowest BCUT2D eigenvalue weighted by molar-refractivity contribution is 0.289. The van der Waals surface area contributed by atoms with Crippen LogP contribution < -0.4 is 10.5 Å². The minimum absolute atomic E-state index is 0.232. The molecule has 2 N–H and O–H groups in total. The molecule has 0 atom stereocenters. The summed E-state index contributed by atoms with van der Waals surface area (Å²) in [6.45, 7) is 4.80. The summed E-state index contributed by atoms with van der Waals surface area (Å²) < 4.78 is 7.31. The van der Waals surface area contributed by atoms with E-state index in [2.05, 4.69) is 31.1 Å². The van der Waals surface area contributed by atoms with Crippen LogP contribution in [0.25, 0.3) is 0 Å². The monoisotopic (exact) mass is 366 g/mol. The fraction of sp³-hybridized carbons (Fsp3) is 0.200. The molecule has 0 unspecified atom stereocenters. The molecule has 0 spiro atoms. The minimum atomic E-state index is 0.232. The molecule has 0 saturated carbocycles. The second-order valence-corrected chi connectivity index (χ2v) is 6.54. The van der Waals surface area contributed by atoms with Gasteiger partial charge < -0.3 is 10.5 Å². The lowest BCUT2D eigenvalue weighted by atomic mass is 10.1. The zero-order chi connectivity index (χ0) is 18.7. The van der Waals surface area contributed by atoms with E-state index in [1.807, 2.05) is 30.3 Å². The Kier molecular flexibility index (Phi) is 5.15. The van der Waals surface area contributed by atoms with Crippen LogP contribution in [-0.2, 0) is 13.2 Å². The molecule has 3 rings (SSSR count). The minimum Gasteiger partial charge on any atom is -0.471 e. The van der Waals surface area contributed by atoms with Crippen molar-refractivity contribution in [2.45, 2.75) is 27.0 Å². The van der Waals surface area contributed by atoms with E-state index in [-0.39, 0.29) is 17.3 Å². The fourth-order valence-electron chi connectivity index (χ4n) is 2.61. The first kappa shape index (κ1) is 17.8. The van der Waals surface area contributed by atoms with Gasteiger partial charge in [0, 0.05) is 5.02 Å². The standard InChI is InChI=1S/C20H19ClN4O/c1-13-7-8-15(9-14(13)2)12-26-20-17(10-22)19(23)25(24-20)11-16-5-3-4-6-18(16)21/h3-9H,11-12,23H2,1-2H3. The van der Waals surface area contributed by atoms with Gasteiger partial charge in [-0.1, -0.05) is 48.0 Å². The molecule has 26 heavy (non-hydrogen) atoms. The molecule has 0 fully saturated rings. The second kappa shape index (κ2) is 7.51. The lowest BCUT2D eigenvalue weighted by Gasteiger charge is -2.07.